The molecule has 2 aromatic carbocycles. The topological polar surface area (TPSA) is 84.5 Å². The first-order chi connectivity index (χ1) is 18.9. The highest BCUT2D eigenvalue weighted by atomic mass is 32.2. The molecule has 2 amide bonds. The largest absolute Gasteiger partial charge is 0.462 e. The second-order valence-electron chi connectivity index (χ2n) is 9.85. The van der Waals surface area contributed by atoms with Crippen LogP contribution in [-0.4, -0.2) is 24.4 Å². The van der Waals surface area contributed by atoms with Crippen molar-refractivity contribution in [2.75, 3.05) is 17.2 Å². The highest BCUT2D eigenvalue weighted by Gasteiger charge is 2.31. The van der Waals surface area contributed by atoms with E-state index < -0.39 is 5.25 Å². The van der Waals surface area contributed by atoms with Crippen LogP contribution >= 0.6 is 23.1 Å². The first kappa shape index (κ1) is 28.9. The molecule has 1 aliphatic carbocycles. The van der Waals surface area contributed by atoms with Crippen molar-refractivity contribution in [3.8, 4) is 0 Å². The normalized spacial score (nSPS) is 15.2. The summed E-state index contributed by atoms with van der Waals surface area (Å²) in [5, 5.41) is 6.06. The van der Waals surface area contributed by atoms with Crippen LogP contribution in [-0.2, 0) is 27.2 Å². The number of amides is 2. The zero-order valence-corrected chi connectivity index (χ0v) is 24.4. The molecule has 8 heteroatoms. The number of unbranched alkanes of at least 4 members (excludes halogenated alkanes) is 1. The molecule has 0 bridgehead atoms. The average molecular weight is 565 g/mol. The summed E-state index contributed by atoms with van der Waals surface area (Å²) in [6.45, 7) is 6.34. The zero-order valence-electron chi connectivity index (χ0n) is 22.8. The van der Waals surface area contributed by atoms with Gasteiger partial charge in [0, 0.05) is 21.9 Å². The minimum Gasteiger partial charge on any atom is -0.462 e. The lowest BCUT2D eigenvalue weighted by Crippen LogP contribution is -2.20. The Balaban J connectivity index is 1.60. The number of rotatable bonds is 11. The number of thioether (sulfide) groups is 1. The molecule has 0 radical (unpaired) electrons. The van der Waals surface area contributed by atoms with Crippen molar-refractivity contribution < 1.29 is 19.1 Å². The van der Waals surface area contributed by atoms with E-state index in [2.05, 4.69) is 24.5 Å². The van der Waals surface area contributed by atoms with E-state index in [1.54, 1.807) is 6.92 Å². The van der Waals surface area contributed by atoms with Crippen molar-refractivity contribution in [2.45, 2.75) is 69.4 Å². The van der Waals surface area contributed by atoms with Gasteiger partial charge in [-0.3, -0.25) is 9.59 Å². The van der Waals surface area contributed by atoms with E-state index in [1.807, 2.05) is 54.6 Å². The zero-order chi connectivity index (χ0) is 27.8. The number of carbonyl (C=O) groups excluding carboxylic acids is 3. The van der Waals surface area contributed by atoms with Gasteiger partial charge in [0.1, 0.15) is 10.3 Å². The number of thiophene rings is 1. The van der Waals surface area contributed by atoms with E-state index in [1.165, 1.54) is 23.1 Å². The summed E-state index contributed by atoms with van der Waals surface area (Å²) in [6.07, 6.45) is 5.00. The lowest BCUT2D eigenvalue weighted by molar-refractivity contribution is -0.116. The Labute approximate surface area is 238 Å². The molecule has 0 saturated heterocycles. The van der Waals surface area contributed by atoms with E-state index in [0.717, 1.165) is 53.0 Å². The van der Waals surface area contributed by atoms with Gasteiger partial charge in [-0.05, 0) is 67.9 Å². The maximum absolute atomic E-state index is 13.9. The molecule has 0 spiro atoms. The van der Waals surface area contributed by atoms with Crippen molar-refractivity contribution in [2.24, 2.45) is 5.92 Å². The Kier molecular flexibility index (Phi) is 10.2. The minimum atomic E-state index is -0.564. The van der Waals surface area contributed by atoms with Crippen LogP contribution in [0.3, 0.4) is 0 Å². The molecular formula is C31H36N2O4S2. The fraction of sp³-hybridized carbons (Fsp3) is 0.387. The van der Waals surface area contributed by atoms with Crippen LogP contribution in [0.15, 0.2) is 59.5 Å². The van der Waals surface area contributed by atoms with E-state index in [-0.39, 0.29) is 24.4 Å². The SMILES string of the molecule is CCCCC(=O)Nc1cccc(SC(C(=O)Nc2sc3c(c2C(=O)OCC)CCC(C)C3)c2ccccc2)c1. The second kappa shape index (κ2) is 13.8. The van der Waals surface area contributed by atoms with E-state index in [9.17, 15) is 14.4 Å². The first-order valence-corrected chi connectivity index (χ1v) is 15.3. The summed E-state index contributed by atoms with van der Waals surface area (Å²) in [5.41, 5.74) is 3.08. The molecule has 2 N–H and O–H groups in total. The molecular weight excluding hydrogens is 528 g/mol. The molecule has 1 heterocycles. The number of benzene rings is 2. The van der Waals surface area contributed by atoms with Crippen molar-refractivity contribution in [3.63, 3.8) is 0 Å². The average Bonchev–Trinajstić information content (AvgIpc) is 3.28. The van der Waals surface area contributed by atoms with Gasteiger partial charge in [0.15, 0.2) is 0 Å². The van der Waals surface area contributed by atoms with E-state index in [4.69, 9.17) is 4.74 Å². The summed E-state index contributed by atoms with van der Waals surface area (Å²) < 4.78 is 5.39. The molecule has 4 rings (SSSR count). The minimum absolute atomic E-state index is 0.0150. The molecule has 2 unspecified atom stereocenters. The van der Waals surface area contributed by atoms with Crippen molar-refractivity contribution >= 4 is 51.6 Å². The summed E-state index contributed by atoms with van der Waals surface area (Å²) in [6, 6.07) is 17.2. The molecule has 0 aliphatic heterocycles. The van der Waals surface area contributed by atoms with Crippen LogP contribution < -0.4 is 10.6 Å². The van der Waals surface area contributed by atoms with Crippen LogP contribution in [0, 0.1) is 5.92 Å². The quantitative estimate of drug-likeness (QED) is 0.185. The fourth-order valence-electron chi connectivity index (χ4n) is 4.68. The molecule has 1 aliphatic rings. The third-order valence-electron chi connectivity index (χ3n) is 6.70. The van der Waals surface area contributed by atoms with Crippen molar-refractivity contribution in [1.82, 2.24) is 0 Å². The highest BCUT2D eigenvalue weighted by molar-refractivity contribution is 8.00. The smallest absolute Gasteiger partial charge is 0.341 e. The summed E-state index contributed by atoms with van der Waals surface area (Å²) >= 11 is 2.91. The van der Waals surface area contributed by atoms with Gasteiger partial charge in [0.05, 0.1) is 12.2 Å². The monoisotopic (exact) mass is 564 g/mol. The lowest BCUT2D eigenvalue weighted by atomic mass is 9.88. The van der Waals surface area contributed by atoms with Gasteiger partial charge in [-0.25, -0.2) is 4.79 Å². The van der Waals surface area contributed by atoms with E-state index >= 15 is 0 Å². The number of esters is 1. The van der Waals surface area contributed by atoms with Crippen LogP contribution in [0.2, 0.25) is 0 Å². The standard InChI is InChI=1S/C31H36N2O4S2/c1-4-6-15-26(34)32-22-13-10-14-23(19-22)38-28(21-11-8-7-9-12-21)29(35)33-30-27(31(36)37-5-2)24-17-16-20(3)18-25(24)39-30/h7-14,19-20,28H,4-6,15-18H2,1-3H3,(H,32,34)(H,33,35). The molecule has 2 atom stereocenters. The van der Waals surface area contributed by atoms with Gasteiger partial charge >= 0.3 is 5.97 Å². The Morgan fingerprint density at radius 2 is 1.87 bits per heavy atom. The molecule has 39 heavy (non-hydrogen) atoms. The van der Waals surface area contributed by atoms with Crippen LogP contribution in [0.1, 0.15) is 78.1 Å². The molecule has 6 nitrogen and oxygen atoms in total. The molecule has 3 aromatic rings. The van der Waals surface area contributed by atoms with E-state index in [0.29, 0.717) is 28.6 Å². The van der Waals surface area contributed by atoms with Gasteiger partial charge in [0.2, 0.25) is 11.8 Å². The fourth-order valence-corrected chi connectivity index (χ4v) is 7.17. The van der Waals surface area contributed by atoms with Gasteiger partial charge in [-0.15, -0.1) is 23.1 Å². The molecule has 0 saturated carbocycles. The maximum atomic E-state index is 13.9. The van der Waals surface area contributed by atoms with Gasteiger partial charge in [0.25, 0.3) is 0 Å². The van der Waals surface area contributed by atoms with Gasteiger partial charge in [-0.1, -0.05) is 56.7 Å². The summed E-state index contributed by atoms with van der Waals surface area (Å²) in [4.78, 5) is 41.1. The summed E-state index contributed by atoms with van der Waals surface area (Å²) in [7, 11) is 0. The Hall–Kier alpha value is -3.10. The maximum Gasteiger partial charge on any atom is 0.341 e. The van der Waals surface area contributed by atoms with Crippen LogP contribution in [0.4, 0.5) is 10.7 Å². The first-order valence-electron chi connectivity index (χ1n) is 13.6. The second-order valence-corrected chi connectivity index (χ2v) is 12.1. The Morgan fingerprint density at radius 3 is 2.62 bits per heavy atom. The van der Waals surface area contributed by atoms with Crippen molar-refractivity contribution in [3.05, 3.63) is 76.2 Å². The number of hydrogen-bond acceptors (Lipinski definition) is 6. The van der Waals surface area contributed by atoms with Gasteiger partial charge < -0.3 is 15.4 Å². The lowest BCUT2D eigenvalue weighted by Gasteiger charge is -2.19. The highest BCUT2D eigenvalue weighted by Crippen LogP contribution is 2.42. The van der Waals surface area contributed by atoms with Gasteiger partial charge in [-0.2, -0.15) is 0 Å². The number of fused-ring (bicyclic) bond motifs is 1. The molecule has 0 fully saturated rings. The predicted molar refractivity (Wildman–Crippen MR) is 160 cm³/mol. The third kappa shape index (κ3) is 7.51. The Morgan fingerprint density at radius 1 is 1.08 bits per heavy atom. The third-order valence-corrected chi connectivity index (χ3v) is 9.12. The number of nitrogens with one attached hydrogen (secondary N) is 2. The molecule has 1 aromatic heterocycles. The van der Waals surface area contributed by atoms with Crippen molar-refractivity contribution in [1.29, 1.82) is 0 Å². The predicted octanol–water partition coefficient (Wildman–Crippen LogP) is 7.65. The number of anilines is 2. The number of carbonyl (C=O) groups is 3. The number of ether oxygens (including phenoxy) is 1. The number of hydrogen-bond donors (Lipinski definition) is 2. The van der Waals surface area contributed by atoms with Crippen LogP contribution in [0.5, 0.6) is 0 Å². The summed E-state index contributed by atoms with van der Waals surface area (Å²) in [5.74, 6) is -0.0630. The van der Waals surface area contributed by atoms with Crippen LogP contribution in [0.25, 0.3) is 0 Å². The Bertz CT molecular complexity index is 1310. The molecule has 206 valence electrons.